The summed E-state index contributed by atoms with van der Waals surface area (Å²) >= 11 is 0. The molecule has 7 heteroatoms. The maximum Gasteiger partial charge on any atom is 0.480 e. The molecular formula is C14H20BFN2O3. The topological polar surface area (TPSA) is 86.8 Å². The van der Waals surface area contributed by atoms with E-state index in [1.54, 1.807) is 6.07 Å². The molecule has 2 atom stereocenters. The highest BCUT2D eigenvalue weighted by molar-refractivity contribution is 6.43. The Morgan fingerprint density at radius 3 is 2.62 bits per heavy atom. The minimum Gasteiger partial charge on any atom is -0.426 e. The number of rotatable bonds is 2. The molecule has 21 heavy (non-hydrogen) atoms. The van der Waals surface area contributed by atoms with Crippen LogP contribution in [0.5, 0.6) is 0 Å². The average Bonchev–Trinajstić information content (AvgIpc) is 2.74. The van der Waals surface area contributed by atoms with Crippen LogP contribution in [0.25, 0.3) is 0 Å². The second-order valence-corrected chi connectivity index (χ2v) is 6.51. The molecule has 0 unspecified atom stereocenters. The summed E-state index contributed by atoms with van der Waals surface area (Å²) in [5.74, 6) is -1.84. The largest absolute Gasteiger partial charge is 0.480 e. The van der Waals surface area contributed by atoms with Gasteiger partial charge in [-0.2, -0.15) is 0 Å². The zero-order valence-electron chi connectivity index (χ0n) is 12.4. The molecule has 1 aromatic rings. The number of carbonyl (C=O) groups is 1. The van der Waals surface area contributed by atoms with E-state index in [2.05, 4.69) is 0 Å². The normalized spacial score (nSPS) is 19.4. The van der Waals surface area contributed by atoms with Gasteiger partial charge >= 0.3 is 7.12 Å². The molecule has 5 nitrogen and oxygen atoms in total. The minimum absolute atomic E-state index is 0.195. The van der Waals surface area contributed by atoms with Crippen molar-refractivity contribution in [3.8, 4) is 0 Å². The summed E-state index contributed by atoms with van der Waals surface area (Å²) in [6.45, 7) is 5.70. The van der Waals surface area contributed by atoms with Gasteiger partial charge in [0.15, 0.2) is 0 Å². The summed E-state index contributed by atoms with van der Waals surface area (Å²) in [5, 5.41) is 19.2. The van der Waals surface area contributed by atoms with Gasteiger partial charge in [0.1, 0.15) is 5.82 Å². The van der Waals surface area contributed by atoms with Crippen LogP contribution in [0.15, 0.2) is 18.2 Å². The first-order valence-electron chi connectivity index (χ1n) is 6.83. The summed E-state index contributed by atoms with van der Waals surface area (Å²) in [5.41, 5.74) is 6.63. The molecule has 0 saturated carbocycles. The number of halogens is 1. The molecule has 0 aromatic heterocycles. The third-order valence-corrected chi connectivity index (χ3v) is 3.87. The van der Waals surface area contributed by atoms with Crippen LogP contribution in [-0.2, 0) is 11.3 Å². The second-order valence-electron chi connectivity index (χ2n) is 6.51. The molecule has 1 aliphatic heterocycles. The predicted octanol–water partition coefficient (Wildman–Crippen LogP) is 0.594. The molecule has 1 aromatic carbocycles. The van der Waals surface area contributed by atoms with Crippen LogP contribution in [0.3, 0.4) is 0 Å². The van der Waals surface area contributed by atoms with Crippen LogP contribution in [0.4, 0.5) is 4.39 Å². The van der Waals surface area contributed by atoms with Crippen molar-refractivity contribution in [3.63, 3.8) is 0 Å². The van der Waals surface area contributed by atoms with Crippen LogP contribution in [0.2, 0.25) is 0 Å². The molecule has 1 aliphatic rings. The van der Waals surface area contributed by atoms with Gasteiger partial charge < -0.3 is 20.7 Å². The van der Waals surface area contributed by atoms with Crippen molar-refractivity contribution in [2.75, 3.05) is 0 Å². The van der Waals surface area contributed by atoms with Gasteiger partial charge in [-0.3, -0.25) is 4.79 Å². The van der Waals surface area contributed by atoms with Crippen LogP contribution in [0.1, 0.15) is 37.8 Å². The summed E-state index contributed by atoms with van der Waals surface area (Å²) in [6.07, 6.45) is 0. The van der Waals surface area contributed by atoms with Gasteiger partial charge in [0.2, 0.25) is 5.91 Å². The Kier molecular flexibility index (Phi) is 4.10. The fourth-order valence-corrected chi connectivity index (χ4v) is 2.52. The summed E-state index contributed by atoms with van der Waals surface area (Å²) in [7, 11) is -1.79. The van der Waals surface area contributed by atoms with E-state index in [0.29, 0.717) is 11.1 Å². The van der Waals surface area contributed by atoms with E-state index >= 15 is 0 Å². The monoisotopic (exact) mass is 294 g/mol. The number of nitrogens with two attached hydrogens (primary N) is 1. The standard InChI is InChI=1S/C14H20BFN2O3/c1-14(2,3)11(17)13(19)18-7-8-4-5-9(16)6-10(8)12(18)15(20)21/h4-6,11-12,20-21H,7,17H2,1-3H3/t11-,12+/m1/s1. The summed E-state index contributed by atoms with van der Waals surface area (Å²) < 4.78 is 13.4. The molecule has 0 aliphatic carbocycles. The Bertz CT molecular complexity index is 560. The number of hydrogen-bond acceptors (Lipinski definition) is 4. The van der Waals surface area contributed by atoms with E-state index in [1.807, 2.05) is 20.8 Å². The van der Waals surface area contributed by atoms with E-state index in [-0.39, 0.29) is 12.5 Å². The van der Waals surface area contributed by atoms with Gasteiger partial charge in [0.25, 0.3) is 0 Å². The fraction of sp³-hybridized carbons (Fsp3) is 0.500. The van der Waals surface area contributed by atoms with Crippen molar-refractivity contribution >= 4 is 13.0 Å². The number of benzene rings is 1. The van der Waals surface area contributed by atoms with Crippen molar-refractivity contribution in [2.45, 2.75) is 39.3 Å². The lowest BCUT2D eigenvalue weighted by atomic mass is 9.74. The quantitative estimate of drug-likeness (QED) is 0.697. The van der Waals surface area contributed by atoms with Crippen molar-refractivity contribution in [2.24, 2.45) is 11.1 Å². The third-order valence-electron chi connectivity index (χ3n) is 3.87. The Labute approximate surface area is 123 Å². The van der Waals surface area contributed by atoms with E-state index in [4.69, 9.17) is 5.73 Å². The first kappa shape index (κ1) is 15.9. The SMILES string of the molecule is CC(C)(C)[C@H](N)C(=O)N1Cc2ccc(F)cc2[C@H]1B(O)O. The number of fused-ring (bicyclic) bond motifs is 1. The van der Waals surface area contributed by atoms with E-state index in [1.165, 1.54) is 17.0 Å². The maximum atomic E-state index is 13.4. The highest BCUT2D eigenvalue weighted by Gasteiger charge is 2.44. The van der Waals surface area contributed by atoms with Crippen LogP contribution >= 0.6 is 0 Å². The van der Waals surface area contributed by atoms with E-state index in [9.17, 15) is 19.2 Å². The minimum atomic E-state index is -1.79. The number of carbonyl (C=O) groups excluding carboxylic acids is 1. The summed E-state index contributed by atoms with van der Waals surface area (Å²) in [4.78, 5) is 13.9. The smallest absolute Gasteiger partial charge is 0.426 e. The van der Waals surface area contributed by atoms with Crippen LogP contribution in [-0.4, -0.2) is 34.0 Å². The Balaban J connectivity index is 2.36. The number of amides is 1. The van der Waals surface area contributed by atoms with Gasteiger partial charge in [-0.15, -0.1) is 0 Å². The first-order chi connectivity index (χ1) is 9.62. The average molecular weight is 294 g/mol. The highest BCUT2D eigenvalue weighted by atomic mass is 19.1. The molecular weight excluding hydrogens is 274 g/mol. The summed E-state index contributed by atoms with van der Waals surface area (Å²) in [6, 6.07) is 3.29. The van der Waals surface area contributed by atoms with Crippen molar-refractivity contribution in [1.82, 2.24) is 4.90 Å². The van der Waals surface area contributed by atoms with Crippen LogP contribution in [0, 0.1) is 11.2 Å². The van der Waals surface area contributed by atoms with E-state index in [0.717, 1.165) is 0 Å². The van der Waals surface area contributed by atoms with Gasteiger partial charge in [-0.1, -0.05) is 26.8 Å². The van der Waals surface area contributed by atoms with Crippen LogP contribution < -0.4 is 5.73 Å². The lowest BCUT2D eigenvalue weighted by Gasteiger charge is -2.33. The molecule has 1 amide bonds. The maximum absolute atomic E-state index is 13.4. The number of nitrogens with zero attached hydrogens (tertiary/aromatic N) is 1. The molecule has 1 heterocycles. The Morgan fingerprint density at radius 1 is 1.48 bits per heavy atom. The molecule has 0 spiro atoms. The Hall–Kier alpha value is -1.44. The molecule has 0 fully saturated rings. The lowest BCUT2D eigenvalue weighted by Crippen LogP contribution is -2.51. The molecule has 2 rings (SSSR count). The van der Waals surface area contributed by atoms with Gasteiger partial charge in [0, 0.05) is 6.54 Å². The molecule has 0 saturated heterocycles. The van der Waals surface area contributed by atoms with Gasteiger partial charge in [-0.25, -0.2) is 4.39 Å². The first-order valence-corrected chi connectivity index (χ1v) is 6.83. The van der Waals surface area contributed by atoms with E-state index < -0.39 is 30.3 Å². The fourth-order valence-electron chi connectivity index (χ4n) is 2.52. The zero-order chi connectivity index (χ0) is 15.9. The predicted molar refractivity (Wildman–Crippen MR) is 77.3 cm³/mol. The molecule has 0 radical (unpaired) electrons. The lowest BCUT2D eigenvalue weighted by molar-refractivity contribution is -0.136. The van der Waals surface area contributed by atoms with Crippen molar-refractivity contribution < 1.29 is 19.2 Å². The Morgan fingerprint density at radius 2 is 2.10 bits per heavy atom. The zero-order valence-corrected chi connectivity index (χ0v) is 12.4. The van der Waals surface area contributed by atoms with Gasteiger partial charge in [0.05, 0.1) is 12.0 Å². The van der Waals surface area contributed by atoms with Gasteiger partial charge in [-0.05, 0) is 28.7 Å². The molecule has 114 valence electrons. The molecule has 4 N–H and O–H groups in total. The van der Waals surface area contributed by atoms with Crippen molar-refractivity contribution in [1.29, 1.82) is 0 Å². The highest BCUT2D eigenvalue weighted by Crippen LogP contribution is 2.36. The second kappa shape index (κ2) is 5.40. The number of hydrogen-bond donors (Lipinski definition) is 3. The third kappa shape index (κ3) is 2.95. The molecule has 0 bridgehead atoms. The van der Waals surface area contributed by atoms with Crippen molar-refractivity contribution in [3.05, 3.63) is 35.1 Å².